The van der Waals surface area contributed by atoms with Gasteiger partial charge < -0.3 is 10.3 Å². The molecule has 5 nitrogen and oxygen atoms in total. The highest BCUT2D eigenvalue weighted by Gasteiger charge is 2.11. The van der Waals surface area contributed by atoms with Gasteiger partial charge in [-0.1, -0.05) is 34.1 Å². The summed E-state index contributed by atoms with van der Waals surface area (Å²) in [5, 5.41) is 8.24. The highest BCUT2D eigenvalue weighted by atomic mass is 79.9. The fraction of sp³-hybridized carbons (Fsp3) is 0.111. The van der Waals surface area contributed by atoms with E-state index in [4.69, 9.17) is 0 Å². The van der Waals surface area contributed by atoms with Gasteiger partial charge in [0.05, 0.1) is 6.21 Å². The van der Waals surface area contributed by atoms with Crippen molar-refractivity contribution < 1.29 is 4.79 Å². The lowest BCUT2D eigenvalue weighted by Crippen LogP contribution is -2.34. The van der Waals surface area contributed by atoms with Crippen molar-refractivity contribution in [1.29, 1.82) is 0 Å². The predicted octanol–water partition coefficient (Wildman–Crippen LogP) is 3.88. The first kappa shape index (κ1) is 16.3. The van der Waals surface area contributed by atoms with Gasteiger partial charge in [-0.05, 0) is 37.3 Å². The van der Waals surface area contributed by atoms with Crippen LogP contribution in [-0.2, 0) is 4.79 Å². The number of nitrogens with zero attached hydrogens (tertiary/aromatic N) is 1. The summed E-state index contributed by atoms with van der Waals surface area (Å²) in [4.78, 5) is 15.3. The van der Waals surface area contributed by atoms with Crippen molar-refractivity contribution >= 4 is 44.6 Å². The molecule has 1 atom stereocenters. The lowest BCUT2D eigenvalue weighted by Gasteiger charge is -2.13. The highest BCUT2D eigenvalue weighted by molar-refractivity contribution is 9.10. The Kier molecular flexibility index (Phi) is 4.96. The Balaban J connectivity index is 1.59. The SMILES string of the molecule is C[C@H](Nc1ccc(Br)cc1)C(=O)NN=Cc1c[nH]c2ccccc12. The molecule has 24 heavy (non-hydrogen) atoms. The molecule has 0 radical (unpaired) electrons. The quantitative estimate of drug-likeness (QED) is 0.461. The molecular formula is C18H17BrN4O. The fourth-order valence-electron chi connectivity index (χ4n) is 2.32. The second-order valence-electron chi connectivity index (χ2n) is 5.40. The smallest absolute Gasteiger partial charge is 0.262 e. The van der Waals surface area contributed by atoms with Crippen LogP contribution in [0.25, 0.3) is 10.9 Å². The van der Waals surface area contributed by atoms with Gasteiger partial charge in [-0.2, -0.15) is 5.10 Å². The lowest BCUT2D eigenvalue weighted by molar-refractivity contribution is -0.121. The predicted molar refractivity (Wildman–Crippen MR) is 101 cm³/mol. The Bertz CT molecular complexity index is 870. The molecule has 3 N–H and O–H groups in total. The summed E-state index contributed by atoms with van der Waals surface area (Å²) in [6, 6.07) is 15.2. The van der Waals surface area contributed by atoms with E-state index in [1.54, 1.807) is 13.1 Å². The second kappa shape index (κ2) is 7.31. The maximum Gasteiger partial charge on any atom is 0.262 e. The zero-order valence-corrected chi connectivity index (χ0v) is 14.7. The minimum absolute atomic E-state index is 0.200. The maximum absolute atomic E-state index is 12.1. The van der Waals surface area contributed by atoms with Gasteiger partial charge in [-0.15, -0.1) is 0 Å². The molecule has 0 aliphatic carbocycles. The molecule has 1 amide bonds. The molecule has 3 aromatic rings. The monoisotopic (exact) mass is 384 g/mol. The number of nitrogens with one attached hydrogen (secondary N) is 3. The molecule has 3 rings (SSSR count). The van der Waals surface area contributed by atoms with E-state index in [9.17, 15) is 4.79 Å². The fourth-order valence-corrected chi connectivity index (χ4v) is 2.59. The molecule has 122 valence electrons. The van der Waals surface area contributed by atoms with Crippen LogP contribution in [0.1, 0.15) is 12.5 Å². The summed E-state index contributed by atoms with van der Waals surface area (Å²) in [6.45, 7) is 1.79. The Morgan fingerprint density at radius 1 is 1.21 bits per heavy atom. The molecule has 0 spiro atoms. The maximum atomic E-state index is 12.1. The number of carbonyl (C=O) groups excluding carboxylic acids is 1. The van der Waals surface area contributed by atoms with Crippen LogP contribution in [0.2, 0.25) is 0 Å². The average Bonchev–Trinajstić information content (AvgIpc) is 3.00. The summed E-state index contributed by atoms with van der Waals surface area (Å²) >= 11 is 3.38. The topological polar surface area (TPSA) is 69.3 Å². The second-order valence-corrected chi connectivity index (χ2v) is 6.31. The van der Waals surface area contributed by atoms with Gasteiger partial charge in [0.1, 0.15) is 6.04 Å². The van der Waals surface area contributed by atoms with Crippen molar-refractivity contribution in [3.63, 3.8) is 0 Å². The van der Waals surface area contributed by atoms with Gasteiger partial charge in [0, 0.05) is 32.8 Å². The Hall–Kier alpha value is -2.60. The molecule has 1 aromatic heterocycles. The number of hydrogen-bond donors (Lipinski definition) is 3. The van der Waals surface area contributed by atoms with Gasteiger partial charge in [0.25, 0.3) is 5.91 Å². The highest BCUT2D eigenvalue weighted by Crippen LogP contribution is 2.16. The number of H-pyrrole nitrogens is 1. The van der Waals surface area contributed by atoms with Crippen molar-refractivity contribution in [2.45, 2.75) is 13.0 Å². The van der Waals surface area contributed by atoms with Crippen LogP contribution in [0.5, 0.6) is 0 Å². The number of hydrazone groups is 1. The Morgan fingerprint density at radius 2 is 1.96 bits per heavy atom. The van der Waals surface area contributed by atoms with Crippen LogP contribution in [-0.4, -0.2) is 23.1 Å². The number of amides is 1. The van der Waals surface area contributed by atoms with Crippen LogP contribution in [0.3, 0.4) is 0 Å². The summed E-state index contributed by atoms with van der Waals surface area (Å²) in [5.41, 5.74) is 5.41. The van der Waals surface area contributed by atoms with Gasteiger partial charge in [-0.25, -0.2) is 5.43 Å². The van der Waals surface area contributed by atoms with E-state index in [0.29, 0.717) is 0 Å². The number of aromatic nitrogens is 1. The number of hydrogen-bond acceptors (Lipinski definition) is 3. The van der Waals surface area contributed by atoms with Crippen LogP contribution in [0.15, 0.2) is 64.3 Å². The lowest BCUT2D eigenvalue weighted by atomic mass is 10.2. The van der Waals surface area contributed by atoms with E-state index < -0.39 is 6.04 Å². The van der Waals surface area contributed by atoms with Crippen LogP contribution in [0.4, 0.5) is 5.69 Å². The number of halogens is 1. The molecule has 0 bridgehead atoms. The summed E-state index contributed by atoms with van der Waals surface area (Å²) in [7, 11) is 0. The van der Waals surface area contributed by atoms with E-state index in [-0.39, 0.29) is 5.91 Å². The molecular weight excluding hydrogens is 368 g/mol. The molecule has 0 saturated heterocycles. The zero-order chi connectivity index (χ0) is 16.9. The number of carbonyl (C=O) groups is 1. The molecule has 0 aliphatic heterocycles. The largest absolute Gasteiger partial charge is 0.374 e. The molecule has 0 saturated carbocycles. The standard InChI is InChI=1S/C18H17BrN4O/c1-12(22-15-8-6-14(19)7-9-15)18(24)23-21-11-13-10-20-17-5-3-2-4-16(13)17/h2-12,20,22H,1H3,(H,23,24)/t12-/m0/s1. The molecule has 0 fully saturated rings. The first-order valence-electron chi connectivity index (χ1n) is 7.54. The first-order chi connectivity index (χ1) is 11.6. The van der Waals surface area contributed by atoms with Crippen molar-refractivity contribution in [1.82, 2.24) is 10.4 Å². The Morgan fingerprint density at radius 3 is 2.75 bits per heavy atom. The molecule has 6 heteroatoms. The van der Waals surface area contributed by atoms with Crippen molar-refractivity contribution in [2.75, 3.05) is 5.32 Å². The van der Waals surface area contributed by atoms with Crippen LogP contribution < -0.4 is 10.7 Å². The number of fused-ring (bicyclic) bond motifs is 1. The van der Waals surface area contributed by atoms with Gasteiger partial charge in [0.2, 0.25) is 0 Å². The van der Waals surface area contributed by atoms with Crippen molar-refractivity contribution in [3.8, 4) is 0 Å². The third kappa shape index (κ3) is 3.83. The number of benzene rings is 2. The van der Waals surface area contributed by atoms with Gasteiger partial charge in [-0.3, -0.25) is 4.79 Å². The molecule has 0 aliphatic rings. The summed E-state index contributed by atoms with van der Waals surface area (Å²) < 4.78 is 0.994. The molecule has 1 heterocycles. The number of para-hydroxylation sites is 1. The number of anilines is 1. The first-order valence-corrected chi connectivity index (χ1v) is 8.34. The molecule has 2 aromatic carbocycles. The van der Waals surface area contributed by atoms with Gasteiger partial charge >= 0.3 is 0 Å². The minimum atomic E-state index is -0.397. The van der Waals surface area contributed by atoms with E-state index in [0.717, 1.165) is 26.6 Å². The van der Waals surface area contributed by atoms with Crippen molar-refractivity contribution in [2.24, 2.45) is 5.10 Å². The number of aromatic amines is 1. The van der Waals surface area contributed by atoms with E-state index in [2.05, 4.69) is 36.8 Å². The van der Waals surface area contributed by atoms with Gasteiger partial charge in [0.15, 0.2) is 0 Å². The summed E-state index contributed by atoms with van der Waals surface area (Å²) in [6.07, 6.45) is 3.51. The molecule has 0 unspecified atom stereocenters. The van der Waals surface area contributed by atoms with E-state index >= 15 is 0 Å². The minimum Gasteiger partial charge on any atom is -0.374 e. The van der Waals surface area contributed by atoms with Crippen LogP contribution >= 0.6 is 15.9 Å². The van der Waals surface area contributed by atoms with E-state index in [1.165, 1.54) is 0 Å². The third-order valence-electron chi connectivity index (χ3n) is 3.62. The Labute approximate surface area is 148 Å². The van der Waals surface area contributed by atoms with Crippen molar-refractivity contribution in [3.05, 3.63) is 64.8 Å². The normalized spacial score (nSPS) is 12.4. The zero-order valence-electron chi connectivity index (χ0n) is 13.1. The third-order valence-corrected chi connectivity index (χ3v) is 4.15. The van der Waals surface area contributed by atoms with E-state index in [1.807, 2.05) is 54.7 Å². The average molecular weight is 385 g/mol. The number of rotatable bonds is 5. The van der Waals surface area contributed by atoms with Crippen LogP contribution in [0, 0.1) is 0 Å². The summed E-state index contributed by atoms with van der Waals surface area (Å²) in [5.74, 6) is -0.200.